The summed E-state index contributed by atoms with van der Waals surface area (Å²) in [7, 11) is 1.35. The standard InChI is InChI=1S/C22H25N3O3.BrH/c1-5-17-10-9-15-12-25(20(23)19(15)24-17)13-18(26)14-7-6-8-16(11-14)22(2,3)21(27)28-4;/h6-11,23H,5,12-13H2,1-4H3;1H. The largest absolute Gasteiger partial charge is 0.468 e. The van der Waals surface area contributed by atoms with Crippen LogP contribution in [0.4, 0.5) is 0 Å². The van der Waals surface area contributed by atoms with Crippen molar-refractivity contribution in [2.24, 2.45) is 0 Å². The van der Waals surface area contributed by atoms with Crippen molar-refractivity contribution >= 4 is 34.6 Å². The molecule has 0 fully saturated rings. The topological polar surface area (TPSA) is 83.4 Å². The molecule has 2 heterocycles. The number of esters is 1. The number of benzene rings is 1. The minimum atomic E-state index is -0.845. The molecule has 0 saturated heterocycles. The zero-order valence-corrected chi connectivity index (χ0v) is 18.8. The van der Waals surface area contributed by atoms with E-state index in [2.05, 4.69) is 4.98 Å². The van der Waals surface area contributed by atoms with Gasteiger partial charge >= 0.3 is 5.97 Å². The summed E-state index contributed by atoms with van der Waals surface area (Å²) >= 11 is 0. The van der Waals surface area contributed by atoms with E-state index in [4.69, 9.17) is 10.1 Å². The Hall–Kier alpha value is -2.54. The van der Waals surface area contributed by atoms with Gasteiger partial charge in [0.25, 0.3) is 0 Å². The second-order valence-corrected chi connectivity index (χ2v) is 7.49. The summed E-state index contributed by atoms with van der Waals surface area (Å²) in [5, 5.41) is 8.39. The molecule has 1 aliphatic heterocycles. The number of pyridine rings is 1. The molecule has 0 unspecified atom stereocenters. The highest BCUT2D eigenvalue weighted by Crippen LogP contribution is 2.26. The van der Waals surface area contributed by atoms with E-state index in [1.165, 1.54) is 7.11 Å². The molecule has 7 heteroatoms. The molecule has 0 aliphatic carbocycles. The Morgan fingerprint density at radius 3 is 2.62 bits per heavy atom. The summed E-state index contributed by atoms with van der Waals surface area (Å²) in [5.41, 5.74) is 2.96. The Morgan fingerprint density at radius 2 is 1.97 bits per heavy atom. The van der Waals surface area contributed by atoms with Crippen molar-refractivity contribution in [2.45, 2.75) is 39.2 Å². The van der Waals surface area contributed by atoms with Gasteiger partial charge in [-0.2, -0.15) is 0 Å². The van der Waals surface area contributed by atoms with Gasteiger partial charge in [0.2, 0.25) is 0 Å². The number of carbonyl (C=O) groups is 2. The summed E-state index contributed by atoms with van der Waals surface area (Å²) in [4.78, 5) is 31.2. The third-order valence-corrected chi connectivity index (χ3v) is 5.24. The third kappa shape index (κ3) is 4.40. The summed E-state index contributed by atoms with van der Waals surface area (Å²) in [5.74, 6) is -0.174. The summed E-state index contributed by atoms with van der Waals surface area (Å²) in [6, 6.07) is 11.0. The summed E-state index contributed by atoms with van der Waals surface area (Å²) < 4.78 is 4.88. The van der Waals surface area contributed by atoms with Gasteiger partial charge < -0.3 is 9.64 Å². The molecular formula is C22H26BrN3O3. The highest BCUT2D eigenvalue weighted by molar-refractivity contribution is 8.93. The number of rotatable bonds is 6. The second kappa shape index (κ2) is 8.86. The van der Waals surface area contributed by atoms with E-state index in [1.54, 1.807) is 36.9 Å². The van der Waals surface area contributed by atoms with Crippen LogP contribution in [0, 0.1) is 5.41 Å². The van der Waals surface area contributed by atoms with Gasteiger partial charge in [0.1, 0.15) is 11.5 Å². The van der Waals surface area contributed by atoms with Crippen LogP contribution >= 0.6 is 17.0 Å². The maximum Gasteiger partial charge on any atom is 0.315 e. The van der Waals surface area contributed by atoms with E-state index in [1.807, 2.05) is 25.1 Å². The Labute approximate surface area is 181 Å². The number of ether oxygens (including phenoxy) is 1. The number of nitrogens with one attached hydrogen (secondary N) is 1. The van der Waals surface area contributed by atoms with Crippen molar-refractivity contribution in [2.75, 3.05) is 13.7 Å². The Balaban J connectivity index is 0.00000300. The van der Waals surface area contributed by atoms with Gasteiger partial charge in [-0.3, -0.25) is 15.0 Å². The number of aryl methyl sites for hydroxylation is 1. The number of Topliss-reactive ketones (excluding diaryl/α,β-unsaturated/α-hetero) is 1. The molecule has 1 N–H and O–H groups in total. The van der Waals surface area contributed by atoms with E-state index in [9.17, 15) is 9.59 Å². The molecule has 0 spiro atoms. The van der Waals surface area contributed by atoms with Crippen LogP contribution in [0.3, 0.4) is 0 Å². The molecule has 1 aromatic carbocycles. The molecule has 0 atom stereocenters. The van der Waals surface area contributed by atoms with Gasteiger partial charge in [0, 0.05) is 23.4 Å². The fourth-order valence-corrected chi connectivity index (χ4v) is 3.35. The molecule has 0 bridgehead atoms. The van der Waals surface area contributed by atoms with E-state index in [0.29, 0.717) is 17.8 Å². The number of amidine groups is 1. The molecule has 29 heavy (non-hydrogen) atoms. The molecule has 0 saturated carbocycles. The quantitative estimate of drug-likeness (QED) is 0.525. The Morgan fingerprint density at radius 1 is 1.24 bits per heavy atom. The zero-order valence-electron chi connectivity index (χ0n) is 17.1. The fourth-order valence-electron chi connectivity index (χ4n) is 3.35. The SMILES string of the molecule is Br.CCc1ccc2c(n1)C(=N)N(CC(=O)c1cccc(C(C)(C)C(=O)OC)c1)C2. The van der Waals surface area contributed by atoms with E-state index in [0.717, 1.165) is 23.2 Å². The van der Waals surface area contributed by atoms with Crippen LogP contribution in [-0.4, -0.2) is 41.1 Å². The number of carbonyl (C=O) groups excluding carboxylic acids is 2. The minimum absolute atomic E-state index is 0. The van der Waals surface area contributed by atoms with Gasteiger partial charge in [0.15, 0.2) is 5.78 Å². The average Bonchev–Trinajstić information content (AvgIpc) is 3.02. The van der Waals surface area contributed by atoms with Crippen LogP contribution in [0.1, 0.15) is 53.6 Å². The zero-order chi connectivity index (χ0) is 20.5. The van der Waals surface area contributed by atoms with E-state index < -0.39 is 5.41 Å². The predicted molar refractivity (Wildman–Crippen MR) is 117 cm³/mol. The number of ketones is 1. The number of nitrogens with zero attached hydrogens (tertiary/aromatic N) is 2. The average molecular weight is 460 g/mol. The molecular weight excluding hydrogens is 434 g/mol. The lowest BCUT2D eigenvalue weighted by atomic mass is 9.83. The molecule has 6 nitrogen and oxygen atoms in total. The van der Waals surface area contributed by atoms with Gasteiger partial charge in [-0.15, -0.1) is 17.0 Å². The van der Waals surface area contributed by atoms with Crippen LogP contribution in [0.15, 0.2) is 36.4 Å². The lowest BCUT2D eigenvalue weighted by Gasteiger charge is -2.23. The fraction of sp³-hybridized carbons (Fsp3) is 0.364. The smallest absolute Gasteiger partial charge is 0.315 e. The second-order valence-electron chi connectivity index (χ2n) is 7.49. The highest BCUT2D eigenvalue weighted by atomic mass is 79.9. The predicted octanol–water partition coefficient (Wildman–Crippen LogP) is 3.70. The first kappa shape index (κ1) is 22.7. The maximum absolute atomic E-state index is 12.9. The molecule has 154 valence electrons. The molecule has 1 aliphatic rings. The van der Waals surface area contributed by atoms with Crippen molar-refractivity contribution in [1.82, 2.24) is 9.88 Å². The summed E-state index contributed by atoms with van der Waals surface area (Å²) in [6.45, 7) is 6.17. The van der Waals surface area contributed by atoms with Crippen LogP contribution in [0.5, 0.6) is 0 Å². The van der Waals surface area contributed by atoms with Crippen molar-refractivity contribution in [3.8, 4) is 0 Å². The number of hydrogen-bond donors (Lipinski definition) is 1. The van der Waals surface area contributed by atoms with Gasteiger partial charge in [-0.1, -0.05) is 31.2 Å². The van der Waals surface area contributed by atoms with Crippen LogP contribution in [0.25, 0.3) is 0 Å². The molecule has 1 aromatic heterocycles. The van der Waals surface area contributed by atoms with Gasteiger partial charge in [0.05, 0.1) is 19.1 Å². The van der Waals surface area contributed by atoms with Gasteiger partial charge in [-0.05, 0) is 38.0 Å². The molecule has 3 rings (SSSR count). The Kier molecular flexibility index (Phi) is 6.95. The molecule has 0 radical (unpaired) electrons. The highest BCUT2D eigenvalue weighted by Gasteiger charge is 2.32. The molecule has 2 aromatic rings. The number of fused-ring (bicyclic) bond motifs is 1. The maximum atomic E-state index is 12.9. The monoisotopic (exact) mass is 459 g/mol. The van der Waals surface area contributed by atoms with Crippen molar-refractivity contribution in [3.63, 3.8) is 0 Å². The summed E-state index contributed by atoms with van der Waals surface area (Å²) in [6.07, 6.45) is 0.808. The normalized spacial score (nSPS) is 13.0. The van der Waals surface area contributed by atoms with Gasteiger partial charge in [-0.25, -0.2) is 4.98 Å². The van der Waals surface area contributed by atoms with Crippen LogP contribution in [0.2, 0.25) is 0 Å². The van der Waals surface area contributed by atoms with Crippen molar-refractivity contribution in [1.29, 1.82) is 5.41 Å². The third-order valence-electron chi connectivity index (χ3n) is 5.24. The van der Waals surface area contributed by atoms with Crippen LogP contribution in [-0.2, 0) is 27.9 Å². The van der Waals surface area contributed by atoms with Crippen LogP contribution < -0.4 is 0 Å². The number of aromatic nitrogens is 1. The van der Waals surface area contributed by atoms with Crippen molar-refractivity contribution in [3.05, 3.63) is 64.5 Å². The van der Waals surface area contributed by atoms with Crippen molar-refractivity contribution < 1.29 is 14.3 Å². The van der Waals surface area contributed by atoms with E-state index >= 15 is 0 Å². The minimum Gasteiger partial charge on any atom is -0.468 e. The number of halogens is 1. The first-order valence-corrected chi connectivity index (χ1v) is 9.32. The Bertz CT molecular complexity index is 956. The first-order valence-electron chi connectivity index (χ1n) is 9.32. The molecule has 0 amide bonds. The lowest BCUT2D eigenvalue weighted by Crippen LogP contribution is -2.32. The number of hydrogen-bond acceptors (Lipinski definition) is 5. The number of methoxy groups -OCH3 is 1. The van der Waals surface area contributed by atoms with E-state index in [-0.39, 0.29) is 41.1 Å². The lowest BCUT2D eigenvalue weighted by molar-refractivity contribution is -0.146. The first-order chi connectivity index (χ1) is 13.3.